The third-order valence-electron chi connectivity index (χ3n) is 4.01. The van der Waals surface area contributed by atoms with Crippen LogP contribution in [0.3, 0.4) is 0 Å². The summed E-state index contributed by atoms with van der Waals surface area (Å²) in [5.41, 5.74) is 2.33. The quantitative estimate of drug-likeness (QED) is 0.821. The third-order valence-corrected chi connectivity index (χ3v) is 4.01. The van der Waals surface area contributed by atoms with E-state index in [-0.39, 0.29) is 6.09 Å². The van der Waals surface area contributed by atoms with E-state index in [1.54, 1.807) is 0 Å². The smallest absolute Gasteiger partial charge is 0.410 e. The number of rotatable bonds is 4. The van der Waals surface area contributed by atoms with Gasteiger partial charge in [0.2, 0.25) is 0 Å². The second kappa shape index (κ2) is 7.79. The molecule has 1 fully saturated rings. The summed E-state index contributed by atoms with van der Waals surface area (Å²) < 4.78 is 5.45. The topological polar surface area (TPSA) is 50.6 Å². The standard InChI is InChI=1S/C18H29N3O2/c1-18(2,3)23-17(22)21-10-8-20(9-11-21)14-16-7-5-6-15(12-16)13-19-4/h5-7,12,19H,8-11,13-14H2,1-4H3/p+2. The molecule has 0 atom stereocenters. The number of hydrogen-bond donors (Lipinski definition) is 2. The highest BCUT2D eigenvalue weighted by Crippen LogP contribution is 2.10. The fourth-order valence-corrected chi connectivity index (χ4v) is 2.90. The molecule has 0 saturated carbocycles. The van der Waals surface area contributed by atoms with E-state index in [0.717, 1.165) is 39.3 Å². The molecule has 5 nitrogen and oxygen atoms in total. The van der Waals surface area contributed by atoms with Gasteiger partial charge in [-0.05, 0) is 26.8 Å². The fourth-order valence-electron chi connectivity index (χ4n) is 2.90. The number of benzene rings is 1. The van der Waals surface area contributed by atoms with Gasteiger partial charge in [0.15, 0.2) is 0 Å². The summed E-state index contributed by atoms with van der Waals surface area (Å²) in [6.45, 7) is 11.3. The van der Waals surface area contributed by atoms with Crippen molar-refractivity contribution in [2.75, 3.05) is 33.2 Å². The van der Waals surface area contributed by atoms with Crippen molar-refractivity contribution in [2.45, 2.75) is 39.5 Å². The lowest BCUT2D eigenvalue weighted by atomic mass is 10.1. The van der Waals surface area contributed by atoms with E-state index in [4.69, 9.17) is 4.74 Å². The first-order valence-electron chi connectivity index (χ1n) is 8.54. The van der Waals surface area contributed by atoms with Crippen LogP contribution in [0.15, 0.2) is 24.3 Å². The predicted octanol–water partition coefficient (Wildman–Crippen LogP) is 0.0154. The molecule has 1 saturated heterocycles. The average Bonchev–Trinajstić information content (AvgIpc) is 2.47. The number of nitrogens with zero attached hydrogens (tertiary/aromatic N) is 1. The Morgan fingerprint density at radius 1 is 1.26 bits per heavy atom. The van der Waals surface area contributed by atoms with E-state index in [1.165, 1.54) is 16.0 Å². The number of nitrogens with one attached hydrogen (secondary N) is 1. The van der Waals surface area contributed by atoms with Gasteiger partial charge in [0.1, 0.15) is 18.7 Å². The molecule has 128 valence electrons. The number of nitrogens with two attached hydrogens (primary N) is 1. The summed E-state index contributed by atoms with van der Waals surface area (Å²) in [5, 5.41) is 2.19. The van der Waals surface area contributed by atoms with Gasteiger partial charge in [0.25, 0.3) is 0 Å². The summed E-state index contributed by atoms with van der Waals surface area (Å²) in [6, 6.07) is 8.82. The minimum Gasteiger partial charge on any atom is -0.444 e. The first-order chi connectivity index (χ1) is 10.9. The molecule has 1 aliphatic rings. The normalized spacial score (nSPS) is 16.4. The zero-order chi connectivity index (χ0) is 16.9. The molecule has 23 heavy (non-hydrogen) atoms. The Kier molecular flexibility index (Phi) is 6.02. The summed E-state index contributed by atoms with van der Waals surface area (Å²) in [6.07, 6.45) is -0.183. The van der Waals surface area contributed by atoms with Crippen molar-refractivity contribution in [2.24, 2.45) is 0 Å². The van der Waals surface area contributed by atoms with Crippen molar-refractivity contribution in [3.05, 3.63) is 35.4 Å². The number of quaternary nitrogens is 2. The Labute approximate surface area is 139 Å². The largest absolute Gasteiger partial charge is 0.444 e. The second-order valence-electron chi connectivity index (χ2n) is 7.33. The lowest BCUT2D eigenvalue weighted by Gasteiger charge is -2.33. The highest BCUT2D eigenvalue weighted by Gasteiger charge is 2.27. The Hall–Kier alpha value is -1.59. The fraction of sp³-hybridized carbons (Fsp3) is 0.611. The minimum atomic E-state index is -0.419. The van der Waals surface area contributed by atoms with Gasteiger partial charge in [0, 0.05) is 11.1 Å². The summed E-state index contributed by atoms with van der Waals surface area (Å²) >= 11 is 0. The van der Waals surface area contributed by atoms with Crippen molar-refractivity contribution in [3.8, 4) is 0 Å². The molecule has 0 unspecified atom stereocenters. The molecule has 0 aromatic heterocycles. The van der Waals surface area contributed by atoms with Gasteiger partial charge in [-0.3, -0.25) is 4.90 Å². The Morgan fingerprint density at radius 3 is 2.52 bits per heavy atom. The molecule has 1 aromatic rings. The van der Waals surface area contributed by atoms with Gasteiger partial charge in [-0.1, -0.05) is 18.2 Å². The Balaban J connectivity index is 1.83. The summed E-state index contributed by atoms with van der Waals surface area (Å²) in [5.74, 6) is 0. The van der Waals surface area contributed by atoms with Gasteiger partial charge in [-0.15, -0.1) is 0 Å². The van der Waals surface area contributed by atoms with E-state index >= 15 is 0 Å². The molecule has 2 rings (SSSR count). The lowest BCUT2D eigenvalue weighted by molar-refractivity contribution is -0.917. The van der Waals surface area contributed by atoms with E-state index in [2.05, 4.69) is 36.6 Å². The molecular weight excluding hydrogens is 290 g/mol. The number of hydrogen-bond acceptors (Lipinski definition) is 2. The van der Waals surface area contributed by atoms with Crippen LogP contribution in [-0.2, 0) is 17.8 Å². The third kappa shape index (κ3) is 5.84. The van der Waals surface area contributed by atoms with Crippen LogP contribution in [-0.4, -0.2) is 49.8 Å². The van der Waals surface area contributed by atoms with Crippen molar-refractivity contribution in [3.63, 3.8) is 0 Å². The van der Waals surface area contributed by atoms with E-state index in [0.29, 0.717) is 0 Å². The first kappa shape index (κ1) is 17.8. The molecular formula is C18H31N3O2+2. The molecule has 1 heterocycles. The van der Waals surface area contributed by atoms with Crippen LogP contribution in [0.5, 0.6) is 0 Å². The van der Waals surface area contributed by atoms with Gasteiger partial charge in [-0.2, -0.15) is 0 Å². The molecule has 5 heteroatoms. The van der Waals surface area contributed by atoms with Crippen LogP contribution in [0.2, 0.25) is 0 Å². The number of carbonyl (C=O) groups is 1. The molecule has 0 bridgehead atoms. The van der Waals surface area contributed by atoms with Gasteiger partial charge in [-0.25, -0.2) is 4.79 Å². The van der Waals surface area contributed by atoms with E-state index in [9.17, 15) is 4.79 Å². The van der Waals surface area contributed by atoms with E-state index < -0.39 is 5.60 Å². The first-order valence-corrected chi connectivity index (χ1v) is 8.54. The van der Waals surface area contributed by atoms with Crippen LogP contribution in [0.4, 0.5) is 4.79 Å². The van der Waals surface area contributed by atoms with E-state index in [1.807, 2.05) is 25.7 Å². The number of ether oxygens (including phenoxy) is 1. The van der Waals surface area contributed by atoms with Gasteiger partial charge >= 0.3 is 6.09 Å². The molecule has 1 aliphatic heterocycles. The maximum Gasteiger partial charge on any atom is 0.410 e. The maximum absolute atomic E-state index is 12.1. The zero-order valence-electron chi connectivity index (χ0n) is 14.9. The summed E-state index contributed by atoms with van der Waals surface area (Å²) in [7, 11) is 2.09. The summed E-state index contributed by atoms with van der Waals surface area (Å²) in [4.78, 5) is 15.4. The molecule has 0 radical (unpaired) electrons. The predicted molar refractivity (Wildman–Crippen MR) is 90.2 cm³/mol. The average molecular weight is 321 g/mol. The highest BCUT2D eigenvalue weighted by atomic mass is 16.6. The van der Waals surface area contributed by atoms with Crippen LogP contribution >= 0.6 is 0 Å². The van der Waals surface area contributed by atoms with Gasteiger partial charge in [0.05, 0.1) is 33.2 Å². The highest BCUT2D eigenvalue weighted by molar-refractivity contribution is 5.68. The Bertz CT molecular complexity index is 517. The number of amides is 1. The van der Waals surface area contributed by atoms with Crippen LogP contribution in [0, 0.1) is 0 Å². The van der Waals surface area contributed by atoms with Crippen LogP contribution in [0.1, 0.15) is 31.9 Å². The van der Waals surface area contributed by atoms with Crippen molar-refractivity contribution >= 4 is 6.09 Å². The molecule has 1 amide bonds. The van der Waals surface area contributed by atoms with Crippen molar-refractivity contribution < 1.29 is 19.7 Å². The molecule has 0 aliphatic carbocycles. The second-order valence-corrected chi connectivity index (χ2v) is 7.33. The SMILES string of the molecule is C[NH2+]Cc1cccc(C[NH+]2CCN(C(=O)OC(C)(C)C)CC2)c1. The number of piperazine rings is 1. The molecule has 1 aromatic carbocycles. The maximum atomic E-state index is 12.1. The van der Waals surface area contributed by atoms with Crippen LogP contribution < -0.4 is 10.2 Å². The monoisotopic (exact) mass is 321 g/mol. The lowest BCUT2D eigenvalue weighted by Crippen LogP contribution is -3.13. The molecule has 0 spiro atoms. The van der Waals surface area contributed by atoms with Crippen molar-refractivity contribution in [1.82, 2.24) is 4.90 Å². The van der Waals surface area contributed by atoms with Crippen molar-refractivity contribution in [1.29, 1.82) is 0 Å². The Morgan fingerprint density at radius 2 is 1.91 bits per heavy atom. The zero-order valence-corrected chi connectivity index (χ0v) is 14.9. The minimum absolute atomic E-state index is 0.183. The number of carbonyl (C=O) groups excluding carboxylic acids is 1. The molecule has 3 N–H and O–H groups in total. The van der Waals surface area contributed by atoms with Gasteiger partial charge < -0.3 is 15.0 Å². The van der Waals surface area contributed by atoms with Crippen LogP contribution in [0.25, 0.3) is 0 Å².